The van der Waals surface area contributed by atoms with Crippen molar-refractivity contribution in [3.63, 3.8) is 0 Å². The summed E-state index contributed by atoms with van der Waals surface area (Å²) in [5.41, 5.74) is 1.35. The normalized spacial score (nSPS) is 16.6. The summed E-state index contributed by atoms with van der Waals surface area (Å²) in [5.74, 6) is 0.855. The van der Waals surface area contributed by atoms with Crippen molar-refractivity contribution in [2.75, 3.05) is 31.1 Å². The SMILES string of the molecule is Cn1nnnc1N1CCN(Cc2ccc(Br)cc2)CC1. The summed E-state index contributed by atoms with van der Waals surface area (Å²) in [5, 5.41) is 11.6. The number of hydrogen-bond donors (Lipinski definition) is 0. The number of halogens is 1. The Morgan fingerprint density at radius 1 is 1.10 bits per heavy atom. The third-order valence-corrected chi connectivity index (χ3v) is 4.10. The molecule has 1 aliphatic heterocycles. The van der Waals surface area contributed by atoms with Crippen molar-refractivity contribution in [3.05, 3.63) is 34.3 Å². The lowest BCUT2D eigenvalue weighted by Crippen LogP contribution is -2.46. The van der Waals surface area contributed by atoms with Gasteiger partial charge in [-0.25, -0.2) is 4.68 Å². The van der Waals surface area contributed by atoms with Crippen LogP contribution in [0.3, 0.4) is 0 Å². The predicted molar refractivity (Wildman–Crippen MR) is 80.4 cm³/mol. The van der Waals surface area contributed by atoms with Gasteiger partial charge in [-0.3, -0.25) is 4.90 Å². The van der Waals surface area contributed by atoms with Gasteiger partial charge in [0.25, 0.3) is 0 Å². The van der Waals surface area contributed by atoms with E-state index in [-0.39, 0.29) is 0 Å². The Labute approximate surface area is 126 Å². The first-order valence-corrected chi connectivity index (χ1v) is 7.46. The van der Waals surface area contributed by atoms with Gasteiger partial charge in [-0.1, -0.05) is 33.2 Å². The molecule has 0 spiro atoms. The summed E-state index contributed by atoms with van der Waals surface area (Å²) < 4.78 is 2.85. The van der Waals surface area contributed by atoms with E-state index in [1.54, 1.807) is 4.68 Å². The average molecular weight is 337 g/mol. The van der Waals surface area contributed by atoms with E-state index in [9.17, 15) is 0 Å². The van der Waals surface area contributed by atoms with Gasteiger partial charge in [0.15, 0.2) is 0 Å². The molecule has 0 radical (unpaired) electrons. The number of benzene rings is 1. The molecule has 6 nitrogen and oxygen atoms in total. The minimum Gasteiger partial charge on any atom is -0.337 e. The Morgan fingerprint density at radius 3 is 2.40 bits per heavy atom. The lowest BCUT2D eigenvalue weighted by atomic mass is 10.2. The molecule has 0 aliphatic carbocycles. The number of piperazine rings is 1. The molecule has 2 heterocycles. The largest absolute Gasteiger partial charge is 0.337 e. The molecule has 2 aromatic rings. The molecule has 1 aromatic carbocycles. The summed E-state index contributed by atoms with van der Waals surface area (Å²) in [6.07, 6.45) is 0. The van der Waals surface area contributed by atoms with Gasteiger partial charge in [0, 0.05) is 44.2 Å². The van der Waals surface area contributed by atoms with Crippen molar-refractivity contribution in [3.8, 4) is 0 Å². The van der Waals surface area contributed by atoms with Crippen LogP contribution in [0.25, 0.3) is 0 Å². The van der Waals surface area contributed by atoms with E-state index in [1.807, 2.05) is 7.05 Å². The Bertz CT molecular complexity index is 558. The summed E-state index contributed by atoms with van der Waals surface area (Å²) in [6.45, 7) is 4.99. The van der Waals surface area contributed by atoms with Crippen molar-refractivity contribution < 1.29 is 0 Å². The van der Waals surface area contributed by atoms with Crippen LogP contribution in [0.5, 0.6) is 0 Å². The molecule has 1 aliphatic rings. The summed E-state index contributed by atoms with van der Waals surface area (Å²) >= 11 is 3.47. The molecule has 106 valence electrons. The van der Waals surface area contributed by atoms with E-state index in [0.29, 0.717) is 0 Å². The number of aromatic nitrogens is 4. The standard InChI is InChI=1S/C13H17BrN6/c1-18-13(15-16-17-18)20-8-6-19(7-9-20)10-11-2-4-12(14)5-3-11/h2-5H,6-10H2,1H3. The summed E-state index contributed by atoms with van der Waals surface area (Å²) in [4.78, 5) is 4.70. The van der Waals surface area contributed by atoms with Crippen molar-refractivity contribution >= 4 is 21.9 Å². The third kappa shape index (κ3) is 2.99. The van der Waals surface area contributed by atoms with Crippen molar-refractivity contribution in [1.29, 1.82) is 0 Å². The second kappa shape index (κ2) is 5.88. The maximum Gasteiger partial charge on any atom is 0.245 e. The maximum atomic E-state index is 4.06. The zero-order chi connectivity index (χ0) is 13.9. The van der Waals surface area contributed by atoms with Crippen molar-refractivity contribution in [2.24, 2.45) is 7.05 Å². The molecule has 20 heavy (non-hydrogen) atoms. The van der Waals surface area contributed by atoms with Gasteiger partial charge in [0.2, 0.25) is 5.95 Å². The van der Waals surface area contributed by atoms with Crippen LogP contribution in [-0.4, -0.2) is 51.3 Å². The molecule has 3 rings (SSSR count). The second-order valence-electron chi connectivity index (χ2n) is 4.99. The molecule has 0 atom stereocenters. The van der Waals surface area contributed by atoms with E-state index < -0.39 is 0 Å². The average Bonchev–Trinajstić information content (AvgIpc) is 2.89. The molecule has 0 amide bonds. The second-order valence-corrected chi connectivity index (χ2v) is 5.91. The fourth-order valence-electron chi connectivity index (χ4n) is 2.45. The summed E-state index contributed by atoms with van der Waals surface area (Å²) in [7, 11) is 1.88. The molecule has 1 fully saturated rings. The maximum absolute atomic E-state index is 4.06. The molecule has 0 unspecified atom stereocenters. The Morgan fingerprint density at radius 2 is 1.80 bits per heavy atom. The zero-order valence-electron chi connectivity index (χ0n) is 11.4. The molecular formula is C13H17BrN6. The Hall–Kier alpha value is -1.47. The predicted octanol–water partition coefficient (Wildman–Crippen LogP) is 1.29. The number of aryl methyl sites for hydroxylation is 1. The topological polar surface area (TPSA) is 50.1 Å². The van der Waals surface area contributed by atoms with Gasteiger partial charge in [0.05, 0.1) is 0 Å². The minimum atomic E-state index is 0.855. The number of anilines is 1. The zero-order valence-corrected chi connectivity index (χ0v) is 13.0. The molecule has 0 saturated carbocycles. The smallest absolute Gasteiger partial charge is 0.245 e. The highest BCUT2D eigenvalue weighted by Gasteiger charge is 2.20. The molecular weight excluding hydrogens is 320 g/mol. The molecule has 7 heteroatoms. The van der Waals surface area contributed by atoms with E-state index in [2.05, 4.69) is 65.5 Å². The first-order chi connectivity index (χ1) is 9.72. The van der Waals surface area contributed by atoms with E-state index >= 15 is 0 Å². The van der Waals surface area contributed by atoms with Crippen LogP contribution < -0.4 is 4.90 Å². The van der Waals surface area contributed by atoms with Crippen molar-refractivity contribution in [1.82, 2.24) is 25.1 Å². The van der Waals surface area contributed by atoms with Crippen LogP contribution in [0.1, 0.15) is 5.56 Å². The van der Waals surface area contributed by atoms with Gasteiger partial charge in [-0.15, -0.1) is 0 Å². The van der Waals surface area contributed by atoms with Crippen LogP contribution in [0.2, 0.25) is 0 Å². The van der Waals surface area contributed by atoms with Crippen LogP contribution in [0.15, 0.2) is 28.7 Å². The first kappa shape index (κ1) is 13.5. The first-order valence-electron chi connectivity index (χ1n) is 6.66. The molecule has 1 aromatic heterocycles. The summed E-state index contributed by atoms with van der Waals surface area (Å²) in [6, 6.07) is 8.53. The highest BCUT2D eigenvalue weighted by atomic mass is 79.9. The Balaban J connectivity index is 1.56. The Kier molecular flexibility index (Phi) is 3.98. The highest BCUT2D eigenvalue weighted by molar-refractivity contribution is 9.10. The van der Waals surface area contributed by atoms with Crippen molar-refractivity contribution in [2.45, 2.75) is 6.54 Å². The van der Waals surface area contributed by atoms with E-state index in [4.69, 9.17) is 0 Å². The number of rotatable bonds is 3. The third-order valence-electron chi connectivity index (χ3n) is 3.57. The van der Waals surface area contributed by atoms with Gasteiger partial charge < -0.3 is 4.90 Å². The molecule has 1 saturated heterocycles. The number of tetrazole rings is 1. The monoisotopic (exact) mass is 336 g/mol. The van der Waals surface area contributed by atoms with Gasteiger partial charge in [0.1, 0.15) is 0 Å². The molecule has 0 bridgehead atoms. The lowest BCUT2D eigenvalue weighted by Gasteiger charge is -2.34. The fourth-order valence-corrected chi connectivity index (χ4v) is 2.71. The fraction of sp³-hybridized carbons (Fsp3) is 0.462. The van der Waals surface area contributed by atoms with Gasteiger partial charge in [-0.2, -0.15) is 0 Å². The van der Waals surface area contributed by atoms with Crippen LogP contribution >= 0.6 is 15.9 Å². The number of hydrogen-bond acceptors (Lipinski definition) is 5. The minimum absolute atomic E-state index is 0.855. The van der Waals surface area contributed by atoms with Crippen LogP contribution in [0, 0.1) is 0 Å². The molecule has 0 N–H and O–H groups in total. The van der Waals surface area contributed by atoms with Crippen LogP contribution in [-0.2, 0) is 13.6 Å². The van der Waals surface area contributed by atoms with Gasteiger partial charge in [-0.05, 0) is 28.1 Å². The highest BCUT2D eigenvalue weighted by Crippen LogP contribution is 2.15. The van der Waals surface area contributed by atoms with E-state index in [0.717, 1.165) is 43.1 Å². The lowest BCUT2D eigenvalue weighted by molar-refractivity contribution is 0.248. The quantitative estimate of drug-likeness (QED) is 0.845. The van der Waals surface area contributed by atoms with Crippen LogP contribution in [0.4, 0.5) is 5.95 Å². The number of nitrogens with zero attached hydrogens (tertiary/aromatic N) is 6. The van der Waals surface area contributed by atoms with Gasteiger partial charge >= 0.3 is 0 Å². The van der Waals surface area contributed by atoms with E-state index in [1.165, 1.54) is 5.56 Å².